The summed E-state index contributed by atoms with van der Waals surface area (Å²) in [5.74, 6) is 1.91. The number of benzene rings is 6. The zero-order valence-electron chi connectivity index (χ0n) is 25.5. The van der Waals surface area contributed by atoms with E-state index in [1.807, 2.05) is 72.8 Å². The molecule has 4 nitrogen and oxygen atoms in total. The van der Waals surface area contributed by atoms with Crippen molar-refractivity contribution in [1.82, 2.24) is 15.0 Å². The molecule has 0 spiro atoms. The van der Waals surface area contributed by atoms with Crippen molar-refractivity contribution in [3.05, 3.63) is 151 Å². The zero-order valence-corrected chi connectivity index (χ0v) is 25.5. The van der Waals surface area contributed by atoms with E-state index in [2.05, 4.69) is 80.6 Å². The van der Waals surface area contributed by atoms with Gasteiger partial charge in [0.25, 0.3) is 0 Å². The Hall–Kier alpha value is -5.87. The fourth-order valence-corrected chi connectivity index (χ4v) is 6.92. The number of rotatable bonds is 4. The summed E-state index contributed by atoms with van der Waals surface area (Å²) in [6, 6.07) is 48.5. The van der Waals surface area contributed by atoms with E-state index in [9.17, 15) is 0 Å². The summed E-state index contributed by atoms with van der Waals surface area (Å²) in [6.45, 7) is 4.65. The van der Waals surface area contributed by atoms with Crippen LogP contribution in [0.25, 0.3) is 78.4 Å². The first-order chi connectivity index (χ1) is 22.5. The van der Waals surface area contributed by atoms with Crippen molar-refractivity contribution < 1.29 is 4.42 Å². The lowest BCUT2D eigenvalue weighted by Gasteiger charge is -2.22. The van der Waals surface area contributed by atoms with Gasteiger partial charge < -0.3 is 4.42 Å². The molecule has 0 atom stereocenters. The Balaban J connectivity index is 1.17. The van der Waals surface area contributed by atoms with E-state index in [1.54, 1.807) is 0 Å². The summed E-state index contributed by atoms with van der Waals surface area (Å²) < 4.78 is 6.32. The average Bonchev–Trinajstić information content (AvgIpc) is 3.59. The first kappa shape index (κ1) is 26.5. The molecular weight excluding hydrogens is 562 g/mol. The summed E-state index contributed by atoms with van der Waals surface area (Å²) >= 11 is 0. The minimum Gasteiger partial charge on any atom is -0.456 e. The maximum absolute atomic E-state index is 6.32. The molecule has 218 valence electrons. The highest BCUT2D eigenvalue weighted by atomic mass is 16.3. The van der Waals surface area contributed by atoms with Gasteiger partial charge >= 0.3 is 0 Å². The number of nitrogens with zero attached hydrogens (tertiary/aromatic N) is 3. The van der Waals surface area contributed by atoms with Crippen molar-refractivity contribution in [2.45, 2.75) is 19.3 Å². The SMILES string of the molecule is CC1(C)c2ccccc2-c2ccc(-c3ccc4oc5ccc(-c6nc(-c7ccccc7)nc(-c7ccccc7)n6)cc5c4c3)cc21. The van der Waals surface area contributed by atoms with Gasteiger partial charge in [0.05, 0.1) is 0 Å². The third-order valence-electron chi connectivity index (χ3n) is 9.34. The maximum atomic E-state index is 6.32. The molecule has 1 aliphatic carbocycles. The zero-order chi connectivity index (χ0) is 30.8. The predicted molar refractivity (Wildman–Crippen MR) is 186 cm³/mol. The predicted octanol–water partition coefficient (Wildman–Crippen LogP) is 10.7. The van der Waals surface area contributed by atoms with Gasteiger partial charge in [-0.25, -0.2) is 15.0 Å². The molecule has 8 aromatic rings. The van der Waals surface area contributed by atoms with E-state index in [1.165, 1.54) is 27.8 Å². The van der Waals surface area contributed by atoms with E-state index < -0.39 is 0 Å². The molecule has 2 aromatic heterocycles. The molecule has 0 N–H and O–H groups in total. The standard InChI is InChI=1S/C42H29N3O/c1-42(2)35-16-10-9-15-31(35)32-20-17-29(25-36(32)42)28-18-21-37-33(23-28)34-24-30(19-22-38(34)46-37)41-44-39(26-11-5-3-6-12-26)43-40(45-41)27-13-7-4-8-14-27/h3-25H,1-2H3. The lowest BCUT2D eigenvalue weighted by Crippen LogP contribution is -2.14. The first-order valence-electron chi connectivity index (χ1n) is 15.6. The Bertz CT molecular complexity index is 2380. The van der Waals surface area contributed by atoms with E-state index in [0.717, 1.165) is 44.2 Å². The van der Waals surface area contributed by atoms with Crippen molar-refractivity contribution in [3.8, 4) is 56.4 Å². The molecule has 0 bridgehead atoms. The minimum absolute atomic E-state index is 0.0506. The molecule has 0 amide bonds. The molecule has 0 radical (unpaired) electrons. The largest absolute Gasteiger partial charge is 0.456 e. The summed E-state index contributed by atoms with van der Waals surface area (Å²) in [4.78, 5) is 14.7. The monoisotopic (exact) mass is 591 g/mol. The van der Waals surface area contributed by atoms with Gasteiger partial charge in [0.15, 0.2) is 17.5 Å². The highest BCUT2D eigenvalue weighted by Crippen LogP contribution is 2.49. The van der Waals surface area contributed by atoms with Crippen LogP contribution in [0.4, 0.5) is 0 Å². The Morgan fingerprint density at radius 2 is 0.891 bits per heavy atom. The smallest absolute Gasteiger partial charge is 0.164 e. The molecule has 6 aromatic carbocycles. The normalized spacial score (nSPS) is 13.2. The minimum atomic E-state index is -0.0506. The van der Waals surface area contributed by atoms with Crippen LogP contribution in [0.2, 0.25) is 0 Å². The molecule has 0 saturated heterocycles. The van der Waals surface area contributed by atoms with Crippen LogP contribution in [-0.4, -0.2) is 15.0 Å². The van der Waals surface area contributed by atoms with Gasteiger partial charge in [-0.1, -0.05) is 117 Å². The summed E-state index contributed by atoms with van der Waals surface area (Å²) in [5, 5.41) is 2.10. The van der Waals surface area contributed by atoms with Gasteiger partial charge in [-0.05, 0) is 69.8 Å². The highest BCUT2D eigenvalue weighted by molar-refractivity contribution is 6.07. The number of hydrogen-bond donors (Lipinski definition) is 0. The van der Waals surface area contributed by atoms with Crippen LogP contribution in [0.1, 0.15) is 25.0 Å². The van der Waals surface area contributed by atoms with Crippen LogP contribution in [0.3, 0.4) is 0 Å². The summed E-state index contributed by atoms with van der Waals surface area (Å²) in [7, 11) is 0. The Morgan fingerprint density at radius 3 is 1.54 bits per heavy atom. The average molecular weight is 592 g/mol. The maximum Gasteiger partial charge on any atom is 0.164 e. The van der Waals surface area contributed by atoms with Crippen LogP contribution in [0.5, 0.6) is 0 Å². The van der Waals surface area contributed by atoms with Crippen LogP contribution in [0.15, 0.2) is 144 Å². The highest BCUT2D eigenvalue weighted by Gasteiger charge is 2.35. The first-order valence-corrected chi connectivity index (χ1v) is 15.6. The molecule has 0 saturated carbocycles. The lowest BCUT2D eigenvalue weighted by molar-refractivity contribution is 0.660. The quantitative estimate of drug-likeness (QED) is 0.204. The van der Waals surface area contributed by atoms with Crippen molar-refractivity contribution in [3.63, 3.8) is 0 Å². The van der Waals surface area contributed by atoms with Crippen LogP contribution < -0.4 is 0 Å². The second kappa shape index (κ2) is 10.1. The fourth-order valence-electron chi connectivity index (χ4n) is 6.92. The van der Waals surface area contributed by atoms with Crippen molar-refractivity contribution >= 4 is 21.9 Å². The van der Waals surface area contributed by atoms with Crippen LogP contribution >= 0.6 is 0 Å². The van der Waals surface area contributed by atoms with Crippen molar-refractivity contribution in [1.29, 1.82) is 0 Å². The van der Waals surface area contributed by atoms with Crippen LogP contribution in [0, 0.1) is 0 Å². The summed E-state index contributed by atoms with van der Waals surface area (Å²) in [6.07, 6.45) is 0. The topological polar surface area (TPSA) is 51.8 Å². The lowest BCUT2D eigenvalue weighted by atomic mass is 9.81. The Morgan fingerprint density at radius 1 is 0.413 bits per heavy atom. The van der Waals surface area contributed by atoms with Gasteiger partial charge in [-0.2, -0.15) is 0 Å². The molecule has 46 heavy (non-hydrogen) atoms. The van der Waals surface area contributed by atoms with Gasteiger partial charge in [0.2, 0.25) is 0 Å². The van der Waals surface area contributed by atoms with E-state index in [-0.39, 0.29) is 5.41 Å². The molecule has 0 fully saturated rings. The third-order valence-corrected chi connectivity index (χ3v) is 9.34. The molecule has 2 heterocycles. The number of furan rings is 1. The van der Waals surface area contributed by atoms with Crippen molar-refractivity contribution in [2.75, 3.05) is 0 Å². The third kappa shape index (κ3) is 4.18. The molecular formula is C42H29N3O. The van der Waals surface area contributed by atoms with Gasteiger partial charge in [0, 0.05) is 32.9 Å². The second-order valence-corrected chi connectivity index (χ2v) is 12.5. The molecule has 0 aliphatic heterocycles. The second-order valence-electron chi connectivity index (χ2n) is 12.5. The number of fused-ring (bicyclic) bond motifs is 6. The van der Waals surface area contributed by atoms with E-state index >= 15 is 0 Å². The van der Waals surface area contributed by atoms with Gasteiger partial charge in [-0.3, -0.25) is 0 Å². The van der Waals surface area contributed by atoms with Crippen LogP contribution in [-0.2, 0) is 5.41 Å². The molecule has 1 aliphatic rings. The fraction of sp³-hybridized carbons (Fsp3) is 0.0714. The van der Waals surface area contributed by atoms with Gasteiger partial charge in [-0.15, -0.1) is 0 Å². The molecule has 0 unspecified atom stereocenters. The summed E-state index contributed by atoms with van der Waals surface area (Å²) in [5.41, 5.74) is 12.2. The van der Waals surface area contributed by atoms with E-state index in [0.29, 0.717) is 17.5 Å². The number of hydrogen-bond acceptors (Lipinski definition) is 4. The van der Waals surface area contributed by atoms with E-state index in [4.69, 9.17) is 19.4 Å². The number of aromatic nitrogens is 3. The Labute approximate surface area is 267 Å². The van der Waals surface area contributed by atoms with Gasteiger partial charge in [0.1, 0.15) is 11.2 Å². The molecule has 4 heteroatoms. The van der Waals surface area contributed by atoms with Crippen molar-refractivity contribution in [2.24, 2.45) is 0 Å². The Kier molecular flexibility index (Phi) is 5.81. The molecule has 9 rings (SSSR count).